The maximum Gasteiger partial charge on any atom is 0.151 e. The average molecular weight is 351 g/mol. The summed E-state index contributed by atoms with van der Waals surface area (Å²) in [5.74, 6) is 0.717. The molecule has 0 spiro atoms. The molecular formula is C16H21N3O2S2. The Morgan fingerprint density at radius 2 is 1.96 bits per heavy atom. The SMILES string of the molecule is O=S1(=O)CC[C@@H](N2CCN(Cc3nc4ccccc4s3)CC2)C1. The number of sulfone groups is 1. The lowest BCUT2D eigenvalue weighted by Gasteiger charge is -2.37. The zero-order valence-electron chi connectivity index (χ0n) is 13.0. The van der Waals surface area contributed by atoms with E-state index in [2.05, 4.69) is 28.0 Å². The highest BCUT2D eigenvalue weighted by Crippen LogP contribution is 2.24. The molecule has 1 atom stereocenters. The topological polar surface area (TPSA) is 53.5 Å². The van der Waals surface area contributed by atoms with Crippen molar-refractivity contribution in [1.29, 1.82) is 0 Å². The molecule has 3 heterocycles. The number of nitrogens with zero attached hydrogens (tertiary/aromatic N) is 3. The van der Waals surface area contributed by atoms with Crippen molar-refractivity contribution in [3.63, 3.8) is 0 Å². The number of thiazole rings is 1. The third kappa shape index (κ3) is 3.42. The summed E-state index contributed by atoms with van der Waals surface area (Å²) < 4.78 is 24.5. The molecule has 0 radical (unpaired) electrons. The van der Waals surface area contributed by atoms with E-state index < -0.39 is 9.84 Å². The Morgan fingerprint density at radius 3 is 2.65 bits per heavy atom. The van der Waals surface area contributed by atoms with Gasteiger partial charge in [0.2, 0.25) is 0 Å². The Hall–Kier alpha value is -1.02. The molecule has 2 aliphatic rings. The number of aromatic nitrogens is 1. The molecule has 0 bridgehead atoms. The smallest absolute Gasteiger partial charge is 0.151 e. The molecule has 2 fully saturated rings. The Morgan fingerprint density at radius 1 is 1.17 bits per heavy atom. The molecule has 7 heteroatoms. The first-order chi connectivity index (χ1) is 11.1. The van der Waals surface area contributed by atoms with Crippen LogP contribution in [-0.2, 0) is 16.4 Å². The third-order valence-electron chi connectivity index (χ3n) is 4.83. The van der Waals surface area contributed by atoms with Crippen LogP contribution in [0.5, 0.6) is 0 Å². The van der Waals surface area contributed by atoms with E-state index in [1.807, 2.05) is 6.07 Å². The zero-order valence-corrected chi connectivity index (χ0v) is 14.7. The predicted octanol–water partition coefficient (Wildman–Crippen LogP) is 1.60. The van der Waals surface area contributed by atoms with Crippen molar-refractivity contribution in [2.24, 2.45) is 0 Å². The van der Waals surface area contributed by atoms with Crippen molar-refractivity contribution in [3.8, 4) is 0 Å². The monoisotopic (exact) mass is 351 g/mol. The minimum atomic E-state index is -2.79. The summed E-state index contributed by atoms with van der Waals surface area (Å²) in [6.45, 7) is 4.81. The fourth-order valence-corrected chi connectivity index (χ4v) is 6.30. The summed E-state index contributed by atoms with van der Waals surface area (Å²) in [4.78, 5) is 9.50. The Bertz CT molecular complexity index is 762. The highest BCUT2D eigenvalue weighted by Gasteiger charge is 2.33. The fourth-order valence-electron chi connectivity index (χ4n) is 3.53. The lowest BCUT2D eigenvalue weighted by molar-refractivity contribution is 0.100. The molecule has 1 aromatic carbocycles. The van der Waals surface area contributed by atoms with Crippen LogP contribution in [0.3, 0.4) is 0 Å². The van der Waals surface area contributed by atoms with E-state index in [0.29, 0.717) is 11.5 Å². The molecule has 2 aliphatic heterocycles. The van der Waals surface area contributed by atoms with Crippen LogP contribution in [0, 0.1) is 0 Å². The summed E-state index contributed by atoms with van der Waals surface area (Å²) in [6, 6.07) is 8.51. The van der Waals surface area contributed by atoms with E-state index in [0.717, 1.165) is 44.7 Å². The van der Waals surface area contributed by atoms with Gasteiger partial charge in [-0.05, 0) is 18.6 Å². The van der Waals surface area contributed by atoms with Crippen LogP contribution in [0.4, 0.5) is 0 Å². The number of fused-ring (bicyclic) bond motifs is 1. The number of hydrogen-bond donors (Lipinski definition) is 0. The molecule has 5 nitrogen and oxygen atoms in total. The first-order valence-electron chi connectivity index (χ1n) is 8.10. The quantitative estimate of drug-likeness (QED) is 0.841. The van der Waals surface area contributed by atoms with E-state index in [-0.39, 0.29) is 6.04 Å². The van der Waals surface area contributed by atoms with Crippen LogP contribution in [0.15, 0.2) is 24.3 Å². The Labute approximate surface area is 140 Å². The van der Waals surface area contributed by atoms with Crippen molar-refractivity contribution < 1.29 is 8.42 Å². The van der Waals surface area contributed by atoms with Crippen LogP contribution >= 0.6 is 11.3 Å². The molecule has 2 saturated heterocycles. The van der Waals surface area contributed by atoms with E-state index in [4.69, 9.17) is 4.98 Å². The highest BCUT2D eigenvalue weighted by atomic mass is 32.2. The van der Waals surface area contributed by atoms with E-state index in [1.165, 1.54) is 9.71 Å². The van der Waals surface area contributed by atoms with Gasteiger partial charge in [0.15, 0.2) is 9.84 Å². The minimum Gasteiger partial charge on any atom is -0.297 e. The molecule has 124 valence electrons. The second-order valence-electron chi connectivity index (χ2n) is 6.44. The van der Waals surface area contributed by atoms with E-state index in [1.54, 1.807) is 11.3 Å². The summed E-state index contributed by atoms with van der Waals surface area (Å²) in [5, 5.41) is 1.17. The first-order valence-corrected chi connectivity index (χ1v) is 10.7. The van der Waals surface area contributed by atoms with E-state index >= 15 is 0 Å². The molecule has 0 amide bonds. The molecule has 0 aliphatic carbocycles. The lowest BCUT2D eigenvalue weighted by atomic mass is 10.2. The molecule has 0 unspecified atom stereocenters. The largest absolute Gasteiger partial charge is 0.297 e. The number of para-hydroxylation sites is 1. The average Bonchev–Trinajstić information content (AvgIpc) is 3.10. The first kappa shape index (κ1) is 15.5. The molecular weight excluding hydrogens is 330 g/mol. The van der Waals surface area contributed by atoms with Gasteiger partial charge in [0.25, 0.3) is 0 Å². The summed E-state index contributed by atoms with van der Waals surface area (Å²) in [7, 11) is -2.79. The van der Waals surface area contributed by atoms with Crippen LogP contribution in [0.1, 0.15) is 11.4 Å². The predicted molar refractivity (Wildman–Crippen MR) is 93.5 cm³/mol. The van der Waals surface area contributed by atoms with Crippen LogP contribution in [0.25, 0.3) is 10.2 Å². The maximum absolute atomic E-state index is 11.6. The zero-order chi connectivity index (χ0) is 15.9. The Kier molecular flexibility index (Phi) is 4.13. The van der Waals surface area contributed by atoms with Gasteiger partial charge in [-0.25, -0.2) is 13.4 Å². The Balaban J connectivity index is 1.34. The van der Waals surface area contributed by atoms with Crippen LogP contribution < -0.4 is 0 Å². The second kappa shape index (κ2) is 6.12. The van der Waals surface area contributed by atoms with Crippen molar-refractivity contribution >= 4 is 31.4 Å². The maximum atomic E-state index is 11.6. The molecule has 1 aromatic heterocycles. The normalized spacial score (nSPS) is 26.0. The standard InChI is InChI=1S/C16H21N3O2S2/c20-23(21)10-5-13(12-23)19-8-6-18(7-9-19)11-16-17-14-3-1-2-4-15(14)22-16/h1-4,13H,5-12H2/t13-/m1/s1. The van der Waals surface area contributed by atoms with Gasteiger partial charge in [-0.2, -0.15) is 0 Å². The van der Waals surface area contributed by atoms with Gasteiger partial charge in [0.1, 0.15) is 5.01 Å². The number of hydrogen-bond acceptors (Lipinski definition) is 6. The van der Waals surface area contributed by atoms with Gasteiger partial charge in [-0.15, -0.1) is 11.3 Å². The summed E-state index contributed by atoms with van der Waals surface area (Å²) in [6.07, 6.45) is 0.806. The molecule has 2 aromatic rings. The number of piperazine rings is 1. The van der Waals surface area contributed by atoms with Gasteiger partial charge < -0.3 is 0 Å². The third-order valence-corrected chi connectivity index (χ3v) is 7.60. The number of benzene rings is 1. The van der Waals surface area contributed by atoms with Crippen molar-refractivity contribution in [3.05, 3.63) is 29.3 Å². The van der Waals surface area contributed by atoms with Crippen LogP contribution in [-0.4, -0.2) is 66.9 Å². The van der Waals surface area contributed by atoms with Gasteiger partial charge >= 0.3 is 0 Å². The van der Waals surface area contributed by atoms with Crippen molar-refractivity contribution in [2.75, 3.05) is 37.7 Å². The molecule has 4 rings (SSSR count). The highest BCUT2D eigenvalue weighted by molar-refractivity contribution is 7.91. The summed E-state index contributed by atoms with van der Waals surface area (Å²) in [5.41, 5.74) is 1.09. The minimum absolute atomic E-state index is 0.240. The van der Waals surface area contributed by atoms with Crippen LogP contribution in [0.2, 0.25) is 0 Å². The summed E-state index contributed by atoms with van der Waals surface area (Å²) >= 11 is 1.77. The van der Waals surface area contributed by atoms with Gasteiger partial charge in [0.05, 0.1) is 28.3 Å². The lowest BCUT2D eigenvalue weighted by Crippen LogP contribution is -2.50. The molecule has 0 saturated carbocycles. The molecule has 23 heavy (non-hydrogen) atoms. The van der Waals surface area contributed by atoms with Crippen molar-refractivity contribution in [1.82, 2.24) is 14.8 Å². The number of rotatable bonds is 3. The van der Waals surface area contributed by atoms with Gasteiger partial charge in [-0.3, -0.25) is 9.80 Å². The van der Waals surface area contributed by atoms with Gasteiger partial charge in [-0.1, -0.05) is 12.1 Å². The second-order valence-corrected chi connectivity index (χ2v) is 9.79. The van der Waals surface area contributed by atoms with Gasteiger partial charge in [0, 0.05) is 32.2 Å². The van der Waals surface area contributed by atoms with Crippen molar-refractivity contribution in [2.45, 2.75) is 19.0 Å². The molecule has 0 N–H and O–H groups in total. The fraction of sp³-hybridized carbons (Fsp3) is 0.562. The van der Waals surface area contributed by atoms with E-state index in [9.17, 15) is 8.42 Å².